The topological polar surface area (TPSA) is 112 Å². The fraction of sp³-hybridized carbons (Fsp3) is 0.346. The Morgan fingerprint density at radius 2 is 1.92 bits per heavy atom. The molecule has 3 aromatic rings. The first-order valence-corrected chi connectivity index (χ1v) is 13.1. The molecule has 192 valence electrons. The van der Waals surface area contributed by atoms with Crippen LogP contribution in [0.2, 0.25) is 0 Å². The fourth-order valence-corrected chi connectivity index (χ4v) is 5.51. The van der Waals surface area contributed by atoms with Crippen molar-refractivity contribution in [3.05, 3.63) is 86.9 Å². The summed E-state index contributed by atoms with van der Waals surface area (Å²) in [6.07, 6.45) is 4.71. The summed E-state index contributed by atoms with van der Waals surface area (Å²) in [5.74, 6) is 0.0144. The minimum atomic E-state index is -0.691. The van der Waals surface area contributed by atoms with E-state index in [1.165, 1.54) is 30.0 Å². The van der Waals surface area contributed by atoms with E-state index in [1.807, 2.05) is 0 Å². The molecule has 37 heavy (non-hydrogen) atoms. The quantitative estimate of drug-likeness (QED) is 0.179. The molecule has 11 heteroatoms. The molecule has 1 aliphatic carbocycles. The van der Waals surface area contributed by atoms with E-state index in [2.05, 4.69) is 15.4 Å². The number of hydrogen-bond donors (Lipinski definition) is 1. The highest BCUT2D eigenvalue weighted by atomic mass is 32.2. The van der Waals surface area contributed by atoms with Gasteiger partial charge in [0.2, 0.25) is 11.1 Å². The van der Waals surface area contributed by atoms with Gasteiger partial charge in [-0.3, -0.25) is 10.1 Å². The van der Waals surface area contributed by atoms with E-state index in [9.17, 15) is 19.3 Å². The second-order valence-electron chi connectivity index (χ2n) is 9.12. The molecule has 0 radical (unpaired) electrons. The van der Waals surface area contributed by atoms with Crippen LogP contribution in [0.3, 0.4) is 0 Å². The number of nitrogens with zero attached hydrogens (tertiary/aromatic N) is 4. The van der Waals surface area contributed by atoms with Crippen LogP contribution < -0.4 is 5.32 Å². The molecule has 1 unspecified atom stereocenters. The molecule has 0 saturated heterocycles. The van der Waals surface area contributed by atoms with Crippen molar-refractivity contribution in [2.24, 2.45) is 0 Å². The van der Waals surface area contributed by atoms with Crippen molar-refractivity contribution in [1.29, 1.82) is 0 Å². The second-order valence-corrected chi connectivity index (χ2v) is 10.1. The summed E-state index contributed by atoms with van der Waals surface area (Å²) in [6, 6.07) is 11.9. The molecule has 9 nitrogen and oxygen atoms in total. The molecular weight excluding hydrogens is 497 g/mol. The third kappa shape index (κ3) is 5.36. The number of halogens is 1. The maximum Gasteiger partial charge on any atom is 0.338 e. The lowest BCUT2D eigenvalue weighted by Crippen LogP contribution is -2.32. The highest BCUT2D eigenvalue weighted by Gasteiger charge is 2.36. The molecule has 5 rings (SSSR count). The number of nitro groups is 1. The number of nitro benzene ring substituents is 1. The molecular formula is C26H26FN5O4S. The van der Waals surface area contributed by atoms with Gasteiger partial charge in [-0.05, 0) is 61.9 Å². The predicted molar refractivity (Wildman–Crippen MR) is 137 cm³/mol. The van der Waals surface area contributed by atoms with Crippen LogP contribution in [0, 0.1) is 15.9 Å². The molecule has 1 atom stereocenters. The number of esters is 1. The van der Waals surface area contributed by atoms with E-state index in [0.29, 0.717) is 39.3 Å². The molecule has 1 aliphatic heterocycles. The number of non-ortho nitro benzene ring substituents is 1. The Morgan fingerprint density at radius 1 is 1.19 bits per heavy atom. The van der Waals surface area contributed by atoms with Crippen molar-refractivity contribution in [3.8, 4) is 0 Å². The molecule has 2 aromatic carbocycles. The number of carbonyl (C=O) groups excluding carboxylic acids is 1. The molecule has 0 amide bonds. The molecule has 2 aliphatic rings. The Hall–Kier alpha value is -3.73. The van der Waals surface area contributed by atoms with Gasteiger partial charge in [0.1, 0.15) is 18.0 Å². The maximum absolute atomic E-state index is 14.1. The number of ether oxygens (including phenoxy) is 1. The number of anilines is 1. The zero-order chi connectivity index (χ0) is 25.9. The number of carbonyl (C=O) groups is 1. The van der Waals surface area contributed by atoms with Gasteiger partial charge < -0.3 is 10.1 Å². The third-order valence-electron chi connectivity index (χ3n) is 6.61. The van der Waals surface area contributed by atoms with Crippen molar-refractivity contribution in [1.82, 2.24) is 14.8 Å². The van der Waals surface area contributed by atoms with Crippen LogP contribution in [0.1, 0.15) is 56.2 Å². The lowest BCUT2D eigenvalue weighted by Gasteiger charge is -2.30. The summed E-state index contributed by atoms with van der Waals surface area (Å²) < 4.78 is 21.6. The number of aromatic nitrogens is 3. The maximum atomic E-state index is 14.1. The second kappa shape index (κ2) is 10.7. The Kier molecular flexibility index (Phi) is 7.22. The molecule has 2 heterocycles. The number of hydrogen-bond acceptors (Lipinski definition) is 8. The summed E-state index contributed by atoms with van der Waals surface area (Å²) in [5.41, 5.74) is 2.08. The first kappa shape index (κ1) is 24.9. The molecule has 1 fully saturated rings. The summed E-state index contributed by atoms with van der Waals surface area (Å²) in [6.45, 7) is 1.78. The Bertz CT molecular complexity index is 1350. The fourth-order valence-electron chi connectivity index (χ4n) is 4.70. The van der Waals surface area contributed by atoms with Gasteiger partial charge in [-0.2, -0.15) is 4.98 Å². The number of thioether (sulfide) groups is 1. The number of allylic oxidation sites excluding steroid dienone is 1. The SMILES string of the molecule is CC1=C(C(=O)OC2CCCCC2)C(c2ccc([N+](=O)[O-])cc2)n2nc(SCc3ccccc3F)nc2N1. The van der Waals surface area contributed by atoms with Gasteiger partial charge in [0.15, 0.2) is 0 Å². The number of rotatable bonds is 7. The van der Waals surface area contributed by atoms with E-state index >= 15 is 0 Å². The van der Waals surface area contributed by atoms with Crippen molar-refractivity contribution < 1.29 is 18.8 Å². The van der Waals surface area contributed by atoms with Crippen molar-refractivity contribution in [2.75, 3.05) is 5.32 Å². The lowest BCUT2D eigenvalue weighted by molar-refractivity contribution is -0.384. The predicted octanol–water partition coefficient (Wildman–Crippen LogP) is 5.78. The first-order chi connectivity index (χ1) is 17.9. The van der Waals surface area contributed by atoms with E-state index in [-0.39, 0.29) is 17.6 Å². The van der Waals surface area contributed by atoms with Crippen molar-refractivity contribution in [2.45, 2.75) is 62.1 Å². The molecule has 1 aromatic heterocycles. The molecule has 1 saturated carbocycles. The minimum absolute atomic E-state index is 0.0512. The zero-order valence-electron chi connectivity index (χ0n) is 20.2. The van der Waals surface area contributed by atoms with Gasteiger partial charge in [-0.15, -0.1) is 5.10 Å². The highest BCUT2D eigenvalue weighted by molar-refractivity contribution is 7.98. The monoisotopic (exact) mass is 523 g/mol. The van der Waals surface area contributed by atoms with E-state index in [0.717, 1.165) is 32.1 Å². The standard InChI is InChI=1S/C26H26FN5O4S/c1-16-22(24(33)36-20-8-3-2-4-9-20)23(17-11-13-19(14-12-17)32(34)35)31-25(28-16)29-26(30-31)37-15-18-7-5-6-10-21(18)27/h5-7,10-14,20,23H,2-4,8-9,15H2,1H3,(H,28,29,30). The molecule has 0 spiro atoms. The Labute approximate surface area is 217 Å². The number of nitrogens with one attached hydrogen (secondary N) is 1. The zero-order valence-corrected chi connectivity index (χ0v) is 21.0. The summed E-state index contributed by atoms with van der Waals surface area (Å²) >= 11 is 1.28. The van der Waals surface area contributed by atoms with Crippen LogP contribution in [-0.4, -0.2) is 31.8 Å². The van der Waals surface area contributed by atoms with Gasteiger partial charge in [0.05, 0.1) is 10.5 Å². The van der Waals surface area contributed by atoms with Crippen LogP contribution in [0.25, 0.3) is 0 Å². The van der Waals surface area contributed by atoms with Crippen LogP contribution in [0.4, 0.5) is 16.0 Å². The van der Waals surface area contributed by atoms with Crippen molar-refractivity contribution in [3.63, 3.8) is 0 Å². The summed E-state index contributed by atoms with van der Waals surface area (Å²) in [5, 5.41) is 19.4. The first-order valence-electron chi connectivity index (χ1n) is 12.2. The van der Waals surface area contributed by atoms with Crippen LogP contribution >= 0.6 is 11.8 Å². The van der Waals surface area contributed by atoms with Gasteiger partial charge in [-0.25, -0.2) is 13.9 Å². The lowest BCUT2D eigenvalue weighted by atomic mass is 9.94. The number of fused-ring (bicyclic) bond motifs is 1. The number of benzene rings is 2. The smallest absolute Gasteiger partial charge is 0.338 e. The largest absolute Gasteiger partial charge is 0.459 e. The van der Waals surface area contributed by atoms with Crippen LogP contribution in [0.15, 0.2) is 65.0 Å². The van der Waals surface area contributed by atoms with Crippen LogP contribution in [0.5, 0.6) is 0 Å². The summed E-state index contributed by atoms with van der Waals surface area (Å²) in [4.78, 5) is 28.8. The van der Waals surface area contributed by atoms with E-state index in [4.69, 9.17) is 4.74 Å². The minimum Gasteiger partial charge on any atom is -0.459 e. The van der Waals surface area contributed by atoms with Gasteiger partial charge in [-0.1, -0.05) is 36.4 Å². The van der Waals surface area contributed by atoms with Crippen molar-refractivity contribution >= 4 is 29.4 Å². The van der Waals surface area contributed by atoms with Crippen LogP contribution in [-0.2, 0) is 15.3 Å². The van der Waals surface area contributed by atoms with Gasteiger partial charge >= 0.3 is 5.97 Å². The average molecular weight is 524 g/mol. The van der Waals surface area contributed by atoms with E-state index in [1.54, 1.807) is 41.9 Å². The normalized spacial score (nSPS) is 17.7. The third-order valence-corrected chi connectivity index (χ3v) is 7.50. The Morgan fingerprint density at radius 3 is 2.62 bits per heavy atom. The van der Waals surface area contributed by atoms with Gasteiger partial charge in [0, 0.05) is 23.6 Å². The van der Waals surface area contributed by atoms with Gasteiger partial charge in [0.25, 0.3) is 5.69 Å². The Balaban J connectivity index is 1.47. The highest BCUT2D eigenvalue weighted by Crippen LogP contribution is 2.38. The average Bonchev–Trinajstić information content (AvgIpc) is 3.30. The summed E-state index contributed by atoms with van der Waals surface area (Å²) in [7, 11) is 0. The molecule has 0 bridgehead atoms. The van der Waals surface area contributed by atoms with E-state index < -0.39 is 16.9 Å². The molecule has 1 N–H and O–H groups in total.